The lowest BCUT2D eigenvalue weighted by Gasteiger charge is -2.21. The van der Waals surface area contributed by atoms with Crippen LogP contribution in [0.2, 0.25) is 0 Å². The summed E-state index contributed by atoms with van der Waals surface area (Å²) in [6.45, 7) is 0. The lowest BCUT2D eigenvalue weighted by Crippen LogP contribution is -2.04. The van der Waals surface area contributed by atoms with Gasteiger partial charge in [-0.15, -0.1) is 0 Å². The minimum atomic E-state index is 0.616. The average molecular weight is 827 g/mol. The van der Waals surface area contributed by atoms with Gasteiger partial charge in [-0.3, -0.25) is 0 Å². The first-order valence-corrected chi connectivity index (χ1v) is 22.1. The predicted molar refractivity (Wildman–Crippen MR) is 271 cm³/mol. The quantitative estimate of drug-likeness (QED) is 0.168. The lowest BCUT2D eigenvalue weighted by molar-refractivity contribution is 1.08. The molecule has 302 valence electrons. The Morgan fingerprint density at radius 2 is 0.785 bits per heavy atom. The van der Waals surface area contributed by atoms with E-state index in [0.29, 0.717) is 17.5 Å². The van der Waals surface area contributed by atoms with Crippen LogP contribution in [0.5, 0.6) is 0 Å². The van der Waals surface area contributed by atoms with Gasteiger partial charge in [-0.2, -0.15) is 0 Å². The van der Waals surface area contributed by atoms with Crippen LogP contribution in [0.4, 0.5) is 0 Å². The molecular formula is C61H38N4. The normalized spacial score (nSPS) is 11.7. The minimum Gasteiger partial charge on any atom is -0.307 e. The summed E-state index contributed by atoms with van der Waals surface area (Å²) < 4.78 is 2.54. The van der Waals surface area contributed by atoms with Gasteiger partial charge in [-0.1, -0.05) is 212 Å². The first kappa shape index (κ1) is 36.9. The molecule has 0 saturated carbocycles. The monoisotopic (exact) mass is 826 g/mol. The Morgan fingerprint density at radius 1 is 0.262 bits per heavy atom. The van der Waals surface area contributed by atoms with Crippen LogP contribution in [0.1, 0.15) is 0 Å². The molecule has 65 heavy (non-hydrogen) atoms. The molecule has 0 atom stereocenters. The summed E-state index contributed by atoms with van der Waals surface area (Å²) in [5.74, 6) is 1.87. The van der Waals surface area contributed by atoms with Crippen molar-refractivity contribution < 1.29 is 0 Å². The van der Waals surface area contributed by atoms with Crippen LogP contribution in [0.15, 0.2) is 231 Å². The number of hydrogen-bond donors (Lipinski definition) is 0. The Balaban J connectivity index is 1.17. The van der Waals surface area contributed by atoms with Gasteiger partial charge in [-0.25, -0.2) is 15.0 Å². The molecule has 0 N–H and O–H groups in total. The maximum atomic E-state index is 5.43. The lowest BCUT2D eigenvalue weighted by atomic mass is 9.92. The number of hydrogen-bond acceptors (Lipinski definition) is 3. The van der Waals surface area contributed by atoms with Gasteiger partial charge in [0.15, 0.2) is 17.5 Å². The van der Waals surface area contributed by atoms with Crippen LogP contribution >= 0.6 is 0 Å². The van der Waals surface area contributed by atoms with E-state index < -0.39 is 0 Å². The smallest absolute Gasteiger partial charge is 0.164 e. The second kappa shape index (κ2) is 15.0. The first-order chi connectivity index (χ1) is 32.2. The van der Waals surface area contributed by atoms with Crippen molar-refractivity contribution in [1.82, 2.24) is 19.5 Å². The summed E-state index contributed by atoms with van der Waals surface area (Å²) in [4.78, 5) is 16.0. The first-order valence-electron chi connectivity index (χ1n) is 22.1. The molecule has 0 radical (unpaired) electrons. The molecule has 0 aliphatic heterocycles. The molecule has 4 heteroatoms. The third kappa shape index (κ3) is 6.11. The summed E-state index contributed by atoms with van der Waals surface area (Å²) in [5, 5.41) is 11.6. The minimum absolute atomic E-state index is 0.616. The predicted octanol–water partition coefficient (Wildman–Crippen LogP) is 15.9. The van der Waals surface area contributed by atoms with Gasteiger partial charge >= 0.3 is 0 Å². The highest BCUT2D eigenvalue weighted by molar-refractivity contribution is 6.22. The Morgan fingerprint density at radius 3 is 1.52 bits per heavy atom. The number of aromatic nitrogens is 4. The van der Waals surface area contributed by atoms with Crippen LogP contribution in [0.25, 0.3) is 127 Å². The van der Waals surface area contributed by atoms with Crippen molar-refractivity contribution in [3.63, 3.8) is 0 Å². The maximum absolute atomic E-state index is 5.43. The highest BCUT2D eigenvalue weighted by atomic mass is 15.0. The van der Waals surface area contributed by atoms with E-state index in [4.69, 9.17) is 15.0 Å². The molecule has 0 unspecified atom stereocenters. The van der Waals surface area contributed by atoms with Crippen molar-refractivity contribution in [3.8, 4) is 62.1 Å². The molecule has 0 spiro atoms. The molecule has 2 aromatic heterocycles. The fourth-order valence-electron chi connectivity index (χ4n) is 9.93. The summed E-state index contributed by atoms with van der Waals surface area (Å²) >= 11 is 0. The molecule has 0 saturated heterocycles. The summed E-state index contributed by atoms with van der Waals surface area (Å²) in [6.07, 6.45) is 0. The van der Waals surface area contributed by atoms with Gasteiger partial charge in [0.25, 0.3) is 0 Å². The van der Waals surface area contributed by atoms with Crippen LogP contribution < -0.4 is 0 Å². The van der Waals surface area contributed by atoms with Gasteiger partial charge in [0.1, 0.15) is 0 Å². The Kier molecular flexibility index (Phi) is 8.50. The Hall–Kier alpha value is -8.73. The van der Waals surface area contributed by atoms with E-state index in [1.807, 2.05) is 18.2 Å². The highest BCUT2D eigenvalue weighted by Gasteiger charge is 2.24. The molecule has 4 nitrogen and oxygen atoms in total. The molecule has 13 rings (SSSR count). The number of rotatable bonds is 6. The molecule has 11 aromatic carbocycles. The van der Waals surface area contributed by atoms with Crippen LogP contribution in [0, 0.1) is 0 Å². The summed E-state index contributed by atoms with van der Waals surface area (Å²) in [6, 6.07) is 82.5. The van der Waals surface area contributed by atoms with E-state index in [2.05, 4.69) is 217 Å². The van der Waals surface area contributed by atoms with Crippen LogP contribution in [-0.4, -0.2) is 19.5 Å². The molecule has 0 fully saturated rings. The van der Waals surface area contributed by atoms with E-state index in [9.17, 15) is 0 Å². The molecule has 13 aromatic rings. The van der Waals surface area contributed by atoms with E-state index >= 15 is 0 Å². The van der Waals surface area contributed by atoms with Gasteiger partial charge in [0, 0.05) is 43.8 Å². The average Bonchev–Trinajstić information content (AvgIpc) is 3.70. The summed E-state index contributed by atoms with van der Waals surface area (Å²) in [7, 11) is 0. The SMILES string of the molecule is c1ccc(-c2ccc(-c3cc(-c4nc(-c5ccccc5)nc(-c5cccc6ccccc56)n4)c4ccccc4c3-n3c4cc5ccccc5cc4c4ccc5ccccc5c43)cc2)cc1. The maximum Gasteiger partial charge on any atom is 0.164 e. The van der Waals surface area contributed by atoms with Crippen LogP contribution in [-0.2, 0) is 0 Å². The molecular weight excluding hydrogens is 789 g/mol. The third-order valence-corrected chi connectivity index (χ3v) is 13.0. The molecule has 2 heterocycles. The van der Waals surface area contributed by atoms with Gasteiger partial charge in [0.05, 0.1) is 16.7 Å². The zero-order chi connectivity index (χ0) is 42.8. The molecule has 0 aliphatic rings. The van der Waals surface area contributed by atoms with E-state index in [0.717, 1.165) is 66.1 Å². The second-order valence-electron chi connectivity index (χ2n) is 16.7. The fourth-order valence-corrected chi connectivity index (χ4v) is 9.93. The van der Waals surface area contributed by atoms with Gasteiger partial charge in [-0.05, 0) is 67.2 Å². The van der Waals surface area contributed by atoms with Crippen LogP contribution in [0.3, 0.4) is 0 Å². The molecule has 0 aliphatic carbocycles. The molecule has 0 bridgehead atoms. The zero-order valence-corrected chi connectivity index (χ0v) is 35.2. The summed E-state index contributed by atoms with van der Waals surface area (Å²) in [5.41, 5.74) is 10.8. The topological polar surface area (TPSA) is 43.6 Å². The van der Waals surface area contributed by atoms with E-state index in [-0.39, 0.29) is 0 Å². The van der Waals surface area contributed by atoms with Gasteiger partial charge in [0.2, 0.25) is 0 Å². The molecule has 0 amide bonds. The third-order valence-electron chi connectivity index (χ3n) is 13.0. The number of nitrogens with zero attached hydrogens (tertiary/aromatic N) is 4. The number of fused-ring (bicyclic) bond motifs is 8. The second-order valence-corrected chi connectivity index (χ2v) is 16.7. The van der Waals surface area contributed by atoms with Crippen molar-refractivity contribution >= 4 is 64.9 Å². The Labute approximate surface area is 375 Å². The fraction of sp³-hybridized carbons (Fsp3) is 0. The van der Waals surface area contributed by atoms with Crippen molar-refractivity contribution in [3.05, 3.63) is 231 Å². The van der Waals surface area contributed by atoms with Crippen molar-refractivity contribution in [2.45, 2.75) is 0 Å². The van der Waals surface area contributed by atoms with Gasteiger partial charge < -0.3 is 4.57 Å². The number of benzene rings is 11. The van der Waals surface area contributed by atoms with Crippen molar-refractivity contribution in [2.75, 3.05) is 0 Å². The highest BCUT2D eigenvalue weighted by Crippen LogP contribution is 2.46. The van der Waals surface area contributed by atoms with Crippen molar-refractivity contribution in [2.24, 2.45) is 0 Å². The zero-order valence-electron chi connectivity index (χ0n) is 35.2. The largest absolute Gasteiger partial charge is 0.307 e. The Bertz CT molecular complexity index is 3980. The van der Waals surface area contributed by atoms with Crippen molar-refractivity contribution in [1.29, 1.82) is 0 Å². The standard InChI is InChI=1S/C61H38N4/c1-3-16-39(17-4-1)40-30-32-43(33-31-40)53-38-55(61-63-59(44-20-5-2-6-21-44)62-60(64-61)52-29-15-24-41-18-9-11-25-47(41)52)49-27-13-14-28-50(49)58(53)65-56-37-46-23-8-7-22-45(46)36-54(56)51-35-34-42-19-10-12-26-48(42)57(51)65/h1-38H. The van der Waals surface area contributed by atoms with E-state index in [1.54, 1.807) is 0 Å². The van der Waals surface area contributed by atoms with E-state index in [1.165, 1.54) is 43.4 Å².